The summed E-state index contributed by atoms with van der Waals surface area (Å²) in [5, 5.41) is 0. The SMILES string of the molecule is CCN(c1ncc(C(F)(F)F)c(OC2CCCC2)n1)c1ccccc1C. The van der Waals surface area contributed by atoms with E-state index in [1.54, 1.807) is 4.90 Å². The summed E-state index contributed by atoms with van der Waals surface area (Å²) in [7, 11) is 0. The van der Waals surface area contributed by atoms with Crippen LogP contribution in [0.5, 0.6) is 5.88 Å². The van der Waals surface area contributed by atoms with Crippen LogP contribution in [0, 0.1) is 6.92 Å². The van der Waals surface area contributed by atoms with Gasteiger partial charge in [0.05, 0.1) is 0 Å². The number of hydrogen-bond acceptors (Lipinski definition) is 4. The lowest BCUT2D eigenvalue weighted by atomic mass is 10.2. The Morgan fingerprint density at radius 2 is 1.88 bits per heavy atom. The van der Waals surface area contributed by atoms with Crippen molar-refractivity contribution in [1.29, 1.82) is 0 Å². The third-order valence-corrected chi connectivity index (χ3v) is 4.59. The molecule has 0 radical (unpaired) electrons. The van der Waals surface area contributed by atoms with E-state index in [0.29, 0.717) is 6.54 Å². The molecule has 1 saturated carbocycles. The highest BCUT2D eigenvalue weighted by atomic mass is 19.4. The molecule has 1 aliphatic rings. The number of halogens is 3. The summed E-state index contributed by atoms with van der Waals surface area (Å²) >= 11 is 0. The highest BCUT2D eigenvalue weighted by molar-refractivity contribution is 5.61. The quantitative estimate of drug-likeness (QED) is 0.722. The fraction of sp³-hybridized carbons (Fsp3) is 0.474. The van der Waals surface area contributed by atoms with E-state index in [1.807, 2.05) is 38.1 Å². The van der Waals surface area contributed by atoms with Crippen molar-refractivity contribution >= 4 is 11.6 Å². The number of rotatable bonds is 5. The Balaban J connectivity index is 2.00. The Morgan fingerprint density at radius 3 is 2.50 bits per heavy atom. The molecule has 7 heteroatoms. The molecule has 4 nitrogen and oxygen atoms in total. The summed E-state index contributed by atoms with van der Waals surface area (Å²) in [4.78, 5) is 9.94. The monoisotopic (exact) mass is 365 g/mol. The Morgan fingerprint density at radius 1 is 1.19 bits per heavy atom. The predicted molar refractivity (Wildman–Crippen MR) is 93.8 cm³/mol. The molecule has 0 atom stereocenters. The van der Waals surface area contributed by atoms with E-state index >= 15 is 0 Å². The van der Waals surface area contributed by atoms with Gasteiger partial charge in [-0.2, -0.15) is 18.2 Å². The van der Waals surface area contributed by atoms with Gasteiger partial charge in [0.25, 0.3) is 0 Å². The van der Waals surface area contributed by atoms with Crippen molar-refractivity contribution in [2.75, 3.05) is 11.4 Å². The van der Waals surface area contributed by atoms with Crippen LogP contribution in [0.1, 0.15) is 43.7 Å². The summed E-state index contributed by atoms with van der Waals surface area (Å²) in [6.07, 6.45) is -0.493. The molecule has 2 aromatic rings. The second-order valence-corrected chi connectivity index (χ2v) is 6.44. The maximum atomic E-state index is 13.4. The molecule has 1 fully saturated rings. The molecule has 1 aromatic heterocycles. The Hall–Kier alpha value is -2.31. The van der Waals surface area contributed by atoms with E-state index in [9.17, 15) is 13.2 Å². The highest BCUT2D eigenvalue weighted by Gasteiger charge is 2.37. The Labute approximate surface area is 151 Å². The van der Waals surface area contributed by atoms with Crippen LogP contribution in [0.4, 0.5) is 24.8 Å². The van der Waals surface area contributed by atoms with Gasteiger partial charge in [0.15, 0.2) is 0 Å². The zero-order valence-electron chi connectivity index (χ0n) is 14.9. The maximum Gasteiger partial charge on any atom is 0.423 e. The molecule has 0 N–H and O–H groups in total. The van der Waals surface area contributed by atoms with E-state index in [-0.39, 0.29) is 17.9 Å². The van der Waals surface area contributed by atoms with Crippen molar-refractivity contribution < 1.29 is 17.9 Å². The van der Waals surface area contributed by atoms with Gasteiger partial charge in [-0.25, -0.2) is 4.98 Å². The summed E-state index contributed by atoms with van der Waals surface area (Å²) in [5.74, 6) is -0.163. The number of anilines is 2. The lowest BCUT2D eigenvalue weighted by Gasteiger charge is -2.24. The smallest absolute Gasteiger partial charge is 0.423 e. The topological polar surface area (TPSA) is 38.2 Å². The largest absolute Gasteiger partial charge is 0.474 e. The molecule has 1 aromatic carbocycles. The molecule has 0 spiro atoms. The first kappa shape index (κ1) is 18.5. The molecule has 3 rings (SSSR count). The van der Waals surface area contributed by atoms with Gasteiger partial charge in [-0.1, -0.05) is 18.2 Å². The number of aryl methyl sites for hydroxylation is 1. The van der Waals surface area contributed by atoms with Crippen LogP contribution in [0.15, 0.2) is 30.5 Å². The van der Waals surface area contributed by atoms with Crippen molar-refractivity contribution in [3.05, 3.63) is 41.6 Å². The van der Waals surface area contributed by atoms with Gasteiger partial charge >= 0.3 is 6.18 Å². The molecular weight excluding hydrogens is 343 g/mol. The minimum Gasteiger partial charge on any atom is -0.474 e. The Kier molecular flexibility index (Phi) is 5.34. The lowest BCUT2D eigenvalue weighted by molar-refractivity contribution is -0.139. The van der Waals surface area contributed by atoms with Crippen LogP contribution in [-0.4, -0.2) is 22.6 Å². The number of alkyl halides is 3. The molecule has 1 heterocycles. The fourth-order valence-corrected chi connectivity index (χ4v) is 3.22. The van der Waals surface area contributed by atoms with Gasteiger partial charge in [0.1, 0.15) is 11.7 Å². The zero-order valence-corrected chi connectivity index (χ0v) is 14.9. The van der Waals surface area contributed by atoms with Crippen LogP contribution in [0.2, 0.25) is 0 Å². The molecule has 1 aliphatic carbocycles. The van der Waals surface area contributed by atoms with Crippen molar-refractivity contribution in [2.45, 2.75) is 51.8 Å². The van der Waals surface area contributed by atoms with Crippen LogP contribution in [0.25, 0.3) is 0 Å². The maximum absolute atomic E-state index is 13.4. The third-order valence-electron chi connectivity index (χ3n) is 4.59. The number of nitrogens with zero attached hydrogens (tertiary/aromatic N) is 3. The van der Waals surface area contributed by atoms with E-state index in [0.717, 1.165) is 43.1 Å². The summed E-state index contributed by atoms with van der Waals surface area (Å²) in [5.41, 5.74) is 0.937. The number of para-hydroxylation sites is 1. The highest BCUT2D eigenvalue weighted by Crippen LogP contribution is 2.38. The average molecular weight is 365 g/mol. The first-order chi connectivity index (χ1) is 12.4. The lowest BCUT2D eigenvalue weighted by Crippen LogP contribution is -2.23. The molecule has 0 bridgehead atoms. The van der Waals surface area contributed by atoms with Gasteiger partial charge in [0, 0.05) is 18.4 Å². The number of aromatic nitrogens is 2. The van der Waals surface area contributed by atoms with Crippen molar-refractivity contribution in [3.63, 3.8) is 0 Å². The minimum absolute atomic E-state index is 0.211. The number of ether oxygens (including phenoxy) is 1. The molecule has 26 heavy (non-hydrogen) atoms. The first-order valence-electron chi connectivity index (χ1n) is 8.84. The van der Waals surface area contributed by atoms with E-state index < -0.39 is 11.7 Å². The van der Waals surface area contributed by atoms with Gasteiger partial charge in [-0.3, -0.25) is 0 Å². The van der Waals surface area contributed by atoms with Gasteiger partial charge < -0.3 is 9.64 Å². The number of hydrogen-bond donors (Lipinski definition) is 0. The predicted octanol–water partition coefficient (Wildman–Crippen LogP) is 5.28. The standard InChI is InChI=1S/C19H22F3N3O/c1-3-25(16-11-7-4-8-13(16)2)18-23-12-15(19(20,21)22)17(24-18)26-14-9-5-6-10-14/h4,7-8,11-12,14H,3,5-6,9-10H2,1-2H3. The van der Waals surface area contributed by atoms with Crippen LogP contribution >= 0.6 is 0 Å². The van der Waals surface area contributed by atoms with Crippen LogP contribution in [0.3, 0.4) is 0 Å². The third kappa shape index (κ3) is 3.92. The van der Waals surface area contributed by atoms with Crippen molar-refractivity contribution in [1.82, 2.24) is 9.97 Å². The van der Waals surface area contributed by atoms with Crippen LogP contribution < -0.4 is 9.64 Å². The minimum atomic E-state index is -4.55. The molecule has 0 unspecified atom stereocenters. The molecule has 0 aliphatic heterocycles. The summed E-state index contributed by atoms with van der Waals surface area (Å²) in [6.45, 7) is 4.38. The summed E-state index contributed by atoms with van der Waals surface area (Å²) < 4.78 is 45.7. The van der Waals surface area contributed by atoms with E-state index in [2.05, 4.69) is 9.97 Å². The van der Waals surface area contributed by atoms with Crippen LogP contribution in [-0.2, 0) is 6.18 Å². The van der Waals surface area contributed by atoms with E-state index in [1.165, 1.54) is 0 Å². The van der Waals surface area contributed by atoms with Crippen molar-refractivity contribution in [3.8, 4) is 5.88 Å². The Bertz CT molecular complexity index is 758. The van der Waals surface area contributed by atoms with E-state index in [4.69, 9.17) is 4.74 Å². The summed E-state index contributed by atoms with van der Waals surface area (Å²) in [6, 6.07) is 7.63. The molecule has 140 valence electrons. The fourth-order valence-electron chi connectivity index (χ4n) is 3.22. The second-order valence-electron chi connectivity index (χ2n) is 6.44. The van der Waals surface area contributed by atoms with Gasteiger partial charge in [-0.05, 0) is 51.2 Å². The normalized spacial score (nSPS) is 15.3. The average Bonchev–Trinajstić information content (AvgIpc) is 3.09. The molecular formula is C19H22F3N3O. The first-order valence-corrected chi connectivity index (χ1v) is 8.84. The van der Waals surface area contributed by atoms with Gasteiger partial charge in [0.2, 0.25) is 11.8 Å². The van der Waals surface area contributed by atoms with Gasteiger partial charge in [-0.15, -0.1) is 0 Å². The van der Waals surface area contributed by atoms with Crippen molar-refractivity contribution in [2.24, 2.45) is 0 Å². The zero-order chi connectivity index (χ0) is 18.7. The molecule has 0 saturated heterocycles. The second kappa shape index (κ2) is 7.51. The number of benzene rings is 1. The molecule has 0 amide bonds.